The van der Waals surface area contributed by atoms with Crippen LogP contribution in [-0.4, -0.2) is 37.1 Å². The number of hydrogen-bond acceptors (Lipinski definition) is 4. The summed E-state index contributed by atoms with van der Waals surface area (Å²) in [5, 5.41) is -0.234. The third-order valence-corrected chi connectivity index (χ3v) is 5.75. The topological polar surface area (TPSA) is 38.8 Å². The SMILES string of the molecule is O=C([C@H](Sc1ccc2c(c1)OCCO2)c1ccccc1)N1CCCC1. The van der Waals surface area contributed by atoms with Crippen molar-refractivity contribution >= 4 is 17.7 Å². The van der Waals surface area contributed by atoms with Gasteiger partial charge in [0.25, 0.3) is 0 Å². The minimum absolute atomic E-state index is 0.198. The molecular formula is C20H21NO3S. The normalized spacial score (nSPS) is 17.4. The molecule has 2 aliphatic heterocycles. The lowest BCUT2D eigenvalue weighted by Gasteiger charge is -2.24. The summed E-state index contributed by atoms with van der Waals surface area (Å²) in [4.78, 5) is 16.1. The number of carbonyl (C=O) groups excluding carboxylic acids is 1. The molecule has 0 aliphatic carbocycles. The highest BCUT2D eigenvalue weighted by atomic mass is 32.2. The van der Waals surface area contributed by atoms with Gasteiger partial charge in [-0.2, -0.15) is 0 Å². The van der Waals surface area contributed by atoms with E-state index in [1.807, 2.05) is 53.4 Å². The molecule has 1 saturated heterocycles. The van der Waals surface area contributed by atoms with Gasteiger partial charge in [-0.1, -0.05) is 30.3 Å². The second kappa shape index (κ2) is 7.40. The Morgan fingerprint density at radius 1 is 0.960 bits per heavy atom. The number of benzene rings is 2. The van der Waals surface area contributed by atoms with Crippen molar-refractivity contribution in [2.24, 2.45) is 0 Å². The fourth-order valence-corrected chi connectivity index (χ4v) is 4.36. The summed E-state index contributed by atoms with van der Waals surface area (Å²) in [5.74, 6) is 1.73. The van der Waals surface area contributed by atoms with Gasteiger partial charge in [-0.3, -0.25) is 4.79 Å². The maximum absolute atomic E-state index is 13.1. The lowest BCUT2D eigenvalue weighted by Crippen LogP contribution is -2.31. The Labute approximate surface area is 152 Å². The highest BCUT2D eigenvalue weighted by molar-refractivity contribution is 8.00. The van der Waals surface area contributed by atoms with Gasteiger partial charge >= 0.3 is 0 Å². The Hall–Kier alpha value is -2.14. The molecule has 2 aromatic carbocycles. The fourth-order valence-electron chi connectivity index (χ4n) is 3.23. The van der Waals surface area contributed by atoms with Crippen LogP contribution < -0.4 is 9.47 Å². The number of ether oxygens (including phenoxy) is 2. The quantitative estimate of drug-likeness (QED) is 0.780. The van der Waals surface area contributed by atoms with Crippen molar-refractivity contribution in [3.05, 3.63) is 54.1 Å². The second-order valence-corrected chi connectivity index (χ2v) is 7.42. The predicted molar refractivity (Wildman–Crippen MR) is 98.3 cm³/mol. The Balaban J connectivity index is 1.61. The zero-order chi connectivity index (χ0) is 17.1. The molecule has 0 radical (unpaired) electrons. The van der Waals surface area contributed by atoms with E-state index < -0.39 is 0 Å². The van der Waals surface area contributed by atoms with Gasteiger partial charge in [-0.25, -0.2) is 0 Å². The van der Waals surface area contributed by atoms with E-state index in [-0.39, 0.29) is 11.2 Å². The number of amides is 1. The first-order valence-electron chi connectivity index (χ1n) is 8.71. The minimum atomic E-state index is -0.234. The van der Waals surface area contributed by atoms with E-state index in [9.17, 15) is 4.79 Å². The molecule has 0 aromatic heterocycles. The summed E-state index contributed by atoms with van der Waals surface area (Å²) in [5.41, 5.74) is 1.04. The van der Waals surface area contributed by atoms with Crippen LogP contribution in [0.25, 0.3) is 0 Å². The maximum Gasteiger partial charge on any atom is 0.240 e. The monoisotopic (exact) mass is 355 g/mol. The van der Waals surface area contributed by atoms with Gasteiger partial charge < -0.3 is 14.4 Å². The molecule has 0 N–H and O–H groups in total. The first kappa shape index (κ1) is 16.3. The number of likely N-dealkylation sites (tertiary alicyclic amines) is 1. The molecule has 1 atom stereocenters. The van der Waals surface area contributed by atoms with Crippen molar-refractivity contribution < 1.29 is 14.3 Å². The predicted octanol–water partition coefficient (Wildman–Crippen LogP) is 3.91. The highest BCUT2D eigenvalue weighted by Crippen LogP contribution is 2.41. The van der Waals surface area contributed by atoms with Crippen LogP contribution in [0.2, 0.25) is 0 Å². The number of thioether (sulfide) groups is 1. The van der Waals surface area contributed by atoms with Crippen molar-refractivity contribution in [1.82, 2.24) is 4.90 Å². The van der Waals surface area contributed by atoms with Crippen molar-refractivity contribution in [2.45, 2.75) is 23.0 Å². The zero-order valence-electron chi connectivity index (χ0n) is 14.0. The molecule has 2 heterocycles. The summed E-state index contributed by atoms with van der Waals surface area (Å²) in [6.45, 7) is 2.88. The second-order valence-electron chi connectivity index (χ2n) is 6.25. The Bertz CT molecular complexity index is 744. The van der Waals surface area contributed by atoms with E-state index in [4.69, 9.17) is 9.47 Å². The molecule has 0 unspecified atom stereocenters. The first-order chi connectivity index (χ1) is 12.3. The van der Waals surface area contributed by atoms with E-state index >= 15 is 0 Å². The van der Waals surface area contributed by atoms with Gasteiger partial charge in [0.2, 0.25) is 5.91 Å². The average molecular weight is 355 g/mol. The number of carbonyl (C=O) groups is 1. The van der Waals surface area contributed by atoms with E-state index in [1.54, 1.807) is 11.8 Å². The van der Waals surface area contributed by atoms with Gasteiger partial charge in [0.05, 0.1) is 0 Å². The third kappa shape index (κ3) is 3.61. The van der Waals surface area contributed by atoms with Crippen molar-refractivity contribution in [3.63, 3.8) is 0 Å². The smallest absolute Gasteiger partial charge is 0.240 e. The molecule has 4 rings (SSSR count). The van der Waals surface area contributed by atoms with Crippen molar-refractivity contribution in [3.8, 4) is 11.5 Å². The van der Waals surface area contributed by atoms with Crippen LogP contribution in [0.5, 0.6) is 11.5 Å². The molecule has 4 nitrogen and oxygen atoms in total. The molecule has 0 saturated carbocycles. The summed E-state index contributed by atoms with van der Waals surface area (Å²) in [6, 6.07) is 15.9. The molecule has 2 aliphatic rings. The molecule has 5 heteroatoms. The summed E-state index contributed by atoms with van der Waals surface area (Å²) >= 11 is 1.58. The van der Waals surface area contributed by atoms with Crippen LogP contribution in [-0.2, 0) is 4.79 Å². The summed E-state index contributed by atoms with van der Waals surface area (Å²) in [7, 11) is 0. The average Bonchev–Trinajstić information content (AvgIpc) is 3.21. The standard InChI is InChI=1S/C20H21NO3S/c22-20(21-10-4-5-11-21)19(15-6-2-1-3-7-15)25-16-8-9-17-18(14-16)24-13-12-23-17/h1-3,6-9,14,19H,4-5,10-13H2/t19-/m1/s1. The van der Waals surface area contributed by atoms with E-state index in [2.05, 4.69) is 0 Å². The van der Waals surface area contributed by atoms with Crippen LogP contribution in [0.4, 0.5) is 0 Å². The number of fused-ring (bicyclic) bond motifs is 1. The van der Waals surface area contributed by atoms with E-state index in [0.717, 1.165) is 47.9 Å². The molecule has 2 aromatic rings. The summed E-state index contributed by atoms with van der Waals surface area (Å²) < 4.78 is 11.3. The van der Waals surface area contributed by atoms with Crippen molar-refractivity contribution in [1.29, 1.82) is 0 Å². The highest BCUT2D eigenvalue weighted by Gasteiger charge is 2.29. The Morgan fingerprint density at radius 2 is 1.68 bits per heavy atom. The lowest BCUT2D eigenvalue weighted by molar-refractivity contribution is -0.129. The minimum Gasteiger partial charge on any atom is -0.486 e. The van der Waals surface area contributed by atoms with Crippen LogP contribution in [0.15, 0.2) is 53.4 Å². The number of rotatable bonds is 4. The molecule has 1 fully saturated rings. The largest absolute Gasteiger partial charge is 0.486 e. The molecule has 0 spiro atoms. The van der Waals surface area contributed by atoms with Crippen LogP contribution >= 0.6 is 11.8 Å². The first-order valence-corrected chi connectivity index (χ1v) is 9.59. The third-order valence-electron chi connectivity index (χ3n) is 4.51. The van der Waals surface area contributed by atoms with Gasteiger partial charge in [0, 0.05) is 18.0 Å². The van der Waals surface area contributed by atoms with Crippen LogP contribution in [0.3, 0.4) is 0 Å². The Morgan fingerprint density at radius 3 is 2.44 bits per heavy atom. The van der Waals surface area contributed by atoms with Crippen LogP contribution in [0, 0.1) is 0 Å². The Kier molecular flexibility index (Phi) is 4.83. The molecule has 130 valence electrons. The molecular weight excluding hydrogens is 334 g/mol. The zero-order valence-corrected chi connectivity index (χ0v) is 14.8. The number of nitrogens with zero attached hydrogens (tertiary/aromatic N) is 1. The molecule has 0 bridgehead atoms. The number of hydrogen-bond donors (Lipinski definition) is 0. The fraction of sp³-hybridized carbons (Fsp3) is 0.350. The van der Waals surface area contributed by atoms with Gasteiger partial charge in [0.15, 0.2) is 11.5 Å². The van der Waals surface area contributed by atoms with Gasteiger partial charge in [-0.15, -0.1) is 11.8 Å². The van der Waals surface area contributed by atoms with Gasteiger partial charge in [-0.05, 0) is 36.6 Å². The lowest BCUT2D eigenvalue weighted by atomic mass is 10.1. The van der Waals surface area contributed by atoms with Crippen molar-refractivity contribution in [2.75, 3.05) is 26.3 Å². The summed E-state index contributed by atoms with van der Waals surface area (Å²) in [6.07, 6.45) is 2.20. The van der Waals surface area contributed by atoms with Gasteiger partial charge in [0.1, 0.15) is 18.5 Å². The molecule has 25 heavy (non-hydrogen) atoms. The maximum atomic E-state index is 13.1. The van der Waals surface area contributed by atoms with E-state index in [1.165, 1.54) is 0 Å². The molecule has 1 amide bonds. The van der Waals surface area contributed by atoms with Crippen LogP contribution in [0.1, 0.15) is 23.7 Å². The van der Waals surface area contributed by atoms with E-state index in [0.29, 0.717) is 13.2 Å².